The number of hydrogen-bond acceptors (Lipinski definition) is 3. The molecule has 4 nitrogen and oxygen atoms in total. The lowest BCUT2D eigenvalue weighted by atomic mass is 10.0. The summed E-state index contributed by atoms with van der Waals surface area (Å²) in [4.78, 5) is 17.7. The number of halogens is 1. The minimum absolute atomic E-state index is 0.267. The summed E-state index contributed by atoms with van der Waals surface area (Å²) in [5.74, 6) is -0.267. The summed E-state index contributed by atoms with van der Waals surface area (Å²) in [6.07, 6.45) is 0.675. The van der Waals surface area contributed by atoms with E-state index in [1.54, 1.807) is 6.07 Å². The minimum atomic E-state index is -0.267. The van der Waals surface area contributed by atoms with Crippen molar-refractivity contribution in [2.75, 3.05) is 0 Å². The van der Waals surface area contributed by atoms with Crippen molar-refractivity contribution in [1.29, 1.82) is 0 Å². The van der Waals surface area contributed by atoms with E-state index in [2.05, 4.69) is 10.5 Å². The molecule has 0 radical (unpaired) electrons. The van der Waals surface area contributed by atoms with Gasteiger partial charge in [0.1, 0.15) is 0 Å². The third kappa shape index (κ3) is 4.56. The van der Waals surface area contributed by atoms with E-state index in [0.717, 1.165) is 27.7 Å². The highest BCUT2D eigenvalue weighted by Gasteiger charge is 2.14. The SMILES string of the molecule is C/C(Cc1ccccc1)=N\NC(=O)c1cc(-c2ccc(Cl)cc2)nc2ccccc12. The standard InChI is InChI=1S/C25H20ClN3O/c1-17(15-18-7-3-2-4-8-18)28-29-25(30)22-16-24(19-11-13-20(26)14-12-19)27-23-10-6-5-9-21(22)23/h2-14,16H,15H2,1H3,(H,29,30)/b28-17+. The normalized spacial score (nSPS) is 11.5. The molecule has 0 saturated heterocycles. The number of aromatic nitrogens is 1. The maximum atomic E-state index is 13.0. The van der Waals surface area contributed by atoms with Gasteiger partial charge in [-0.1, -0.05) is 72.3 Å². The number of nitrogens with zero attached hydrogens (tertiary/aromatic N) is 2. The fraction of sp³-hybridized carbons (Fsp3) is 0.0800. The molecule has 4 rings (SSSR count). The number of fused-ring (bicyclic) bond motifs is 1. The molecule has 1 amide bonds. The van der Waals surface area contributed by atoms with Gasteiger partial charge in [-0.2, -0.15) is 5.10 Å². The molecule has 0 spiro atoms. The van der Waals surface area contributed by atoms with Crippen molar-refractivity contribution in [2.24, 2.45) is 5.10 Å². The largest absolute Gasteiger partial charge is 0.272 e. The third-order valence-electron chi connectivity index (χ3n) is 4.75. The average Bonchev–Trinajstić information content (AvgIpc) is 2.78. The Kier molecular flexibility index (Phi) is 5.87. The lowest BCUT2D eigenvalue weighted by molar-refractivity contribution is 0.0956. The molecule has 0 atom stereocenters. The summed E-state index contributed by atoms with van der Waals surface area (Å²) >= 11 is 6.01. The van der Waals surface area contributed by atoms with Gasteiger partial charge in [0.25, 0.3) is 5.91 Å². The zero-order valence-electron chi connectivity index (χ0n) is 16.5. The third-order valence-corrected chi connectivity index (χ3v) is 5.00. The maximum Gasteiger partial charge on any atom is 0.272 e. The van der Waals surface area contributed by atoms with Crippen molar-refractivity contribution in [2.45, 2.75) is 13.3 Å². The van der Waals surface area contributed by atoms with Gasteiger partial charge in [0.05, 0.1) is 16.8 Å². The first-order chi connectivity index (χ1) is 14.6. The molecule has 30 heavy (non-hydrogen) atoms. The molecule has 4 aromatic rings. The summed E-state index contributed by atoms with van der Waals surface area (Å²) in [5.41, 5.74) is 7.55. The van der Waals surface area contributed by atoms with Crippen LogP contribution in [0.5, 0.6) is 0 Å². The van der Waals surface area contributed by atoms with Crippen LogP contribution in [0.4, 0.5) is 0 Å². The fourth-order valence-electron chi connectivity index (χ4n) is 3.27. The first kappa shape index (κ1) is 19.8. The number of rotatable bonds is 5. The molecular formula is C25H20ClN3O. The van der Waals surface area contributed by atoms with Crippen LogP contribution in [0, 0.1) is 0 Å². The molecular weight excluding hydrogens is 394 g/mol. The molecule has 0 aliphatic rings. The van der Waals surface area contributed by atoms with E-state index in [1.807, 2.05) is 85.8 Å². The predicted molar refractivity (Wildman–Crippen MR) is 123 cm³/mol. The van der Waals surface area contributed by atoms with E-state index in [9.17, 15) is 4.79 Å². The average molecular weight is 414 g/mol. The number of carbonyl (C=O) groups excluding carboxylic acids is 1. The second kappa shape index (κ2) is 8.89. The van der Waals surface area contributed by atoms with Gasteiger partial charge in [-0.15, -0.1) is 0 Å². The quantitative estimate of drug-likeness (QED) is 0.327. The molecule has 0 aliphatic heterocycles. The molecule has 0 bridgehead atoms. The van der Waals surface area contributed by atoms with Crippen LogP contribution in [0.15, 0.2) is 90.0 Å². The summed E-state index contributed by atoms with van der Waals surface area (Å²) in [5, 5.41) is 5.73. The lowest BCUT2D eigenvalue weighted by Crippen LogP contribution is -2.20. The highest BCUT2D eigenvalue weighted by atomic mass is 35.5. The van der Waals surface area contributed by atoms with Crippen molar-refractivity contribution in [3.8, 4) is 11.3 Å². The molecule has 1 N–H and O–H groups in total. The molecule has 5 heteroatoms. The Morgan fingerprint density at radius 2 is 1.67 bits per heavy atom. The molecule has 148 valence electrons. The Hall–Kier alpha value is -3.50. The Morgan fingerprint density at radius 1 is 0.967 bits per heavy atom. The van der Waals surface area contributed by atoms with Gasteiger partial charge in [0, 0.05) is 28.1 Å². The van der Waals surface area contributed by atoms with Gasteiger partial charge in [-0.05, 0) is 36.8 Å². The van der Waals surface area contributed by atoms with Crippen LogP contribution in [0.3, 0.4) is 0 Å². The number of nitrogens with one attached hydrogen (secondary N) is 1. The predicted octanol–water partition coefficient (Wildman–Crippen LogP) is 5.90. The van der Waals surface area contributed by atoms with Crippen molar-refractivity contribution < 1.29 is 4.79 Å². The van der Waals surface area contributed by atoms with Crippen LogP contribution in [0.25, 0.3) is 22.2 Å². The van der Waals surface area contributed by atoms with E-state index in [0.29, 0.717) is 22.7 Å². The van der Waals surface area contributed by atoms with E-state index in [4.69, 9.17) is 16.6 Å². The zero-order valence-corrected chi connectivity index (χ0v) is 17.2. The fourth-order valence-corrected chi connectivity index (χ4v) is 3.40. The van der Waals surface area contributed by atoms with Crippen LogP contribution in [0.1, 0.15) is 22.8 Å². The number of hydrazone groups is 1. The molecule has 1 heterocycles. The summed E-state index contributed by atoms with van der Waals surface area (Å²) in [6, 6.07) is 26.8. The van der Waals surface area contributed by atoms with Gasteiger partial charge in [0.2, 0.25) is 0 Å². The number of para-hydroxylation sites is 1. The second-order valence-electron chi connectivity index (χ2n) is 7.03. The molecule has 0 aliphatic carbocycles. The monoisotopic (exact) mass is 413 g/mol. The maximum absolute atomic E-state index is 13.0. The van der Waals surface area contributed by atoms with E-state index in [-0.39, 0.29) is 5.91 Å². The lowest BCUT2D eigenvalue weighted by Gasteiger charge is -2.09. The summed E-state index contributed by atoms with van der Waals surface area (Å²) < 4.78 is 0. The zero-order chi connectivity index (χ0) is 20.9. The second-order valence-corrected chi connectivity index (χ2v) is 7.47. The minimum Gasteiger partial charge on any atom is -0.267 e. The van der Waals surface area contributed by atoms with Crippen molar-refractivity contribution in [3.05, 3.63) is 101 Å². The molecule has 0 saturated carbocycles. The highest BCUT2D eigenvalue weighted by Crippen LogP contribution is 2.26. The van der Waals surface area contributed by atoms with E-state index >= 15 is 0 Å². The van der Waals surface area contributed by atoms with Crippen LogP contribution < -0.4 is 5.43 Å². The van der Waals surface area contributed by atoms with Gasteiger partial charge in [-0.3, -0.25) is 4.79 Å². The number of amides is 1. The molecule has 0 fully saturated rings. The summed E-state index contributed by atoms with van der Waals surface area (Å²) in [6.45, 7) is 1.90. The Bertz CT molecular complexity index is 1220. The smallest absolute Gasteiger partial charge is 0.267 e. The number of carbonyl (C=O) groups is 1. The number of pyridine rings is 1. The summed E-state index contributed by atoms with van der Waals surface area (Å²) in [7, 11) is 0. The van der Waals surface area contributed by atoms with Gasteiger partial charge in [-0.25, -0.2) is 10.4 Å². The Labute approximate surface area is 180 Å². The van der Waals surface area contributed by atoms with Crippen LogP contribution in [0.2, 0.25) is 5.02 Å². The van der Waals surface area contributed by atoms with Crippen molar-refractivity contribution in [3.63, 3.8) is 0 Å². The number of benzene rings is 3. The Balaban J connectivity index is 1.64. The van der Waals surface area contributed by atoms with Gasteiger partial charge >= 0.3 is 0 Å². The van der Waals surface area contributed by atoms with Crippen molar-refractivity contribution >= 4 is 34.1 Å². The Morgan fingerprint density at radius 3 is 2.43 bits per heavy atom. The molecule has 3 aromatic carbocycles. The molecule has 1 aromatic heterocycles. The highest BCUT2D eigenvalue weighted by molar-refractivity contribution is 6.30. The topological polar surface area (TPSA) is 54.4 Å². The first-order valence-corrected chi connectivity index (χ1v) is 10.0. The first-order valence-electron chi connectivity index (χ1n) is 9.63. The van der Waals surface area contributed by atoms with Crippen molar-refractivity contribution in [1.82, 2.24) is 10.4 Å². The van der Waals surface area contributed by atoms with Crippen LogP contribution in [-0.2, 0) is 6.42 Å². The van der Waals surface area contributed by atoms with Gasteiger partial charge < -0.3 is 0 Å². The van der Waals surface area contributed by atoms with E-state index < -0.39 is 0 Å². The molecule has 0 unspecified atom stereocenters. The van der Waals surface area contributed by atoms with Crippen LogP contribution in [-0.4, -0.2) is 16.6 Å². The van der Waals surface area contributed by atoms with E-state index in [1.165, 1.54) is 0 Å². The van der Waals surface area contributed by atoms with Gasteiger partial charge in [0.15, 0.2) is 0 Å². The van der Waals surface area contributed by atoms with Crippen LogP contribution >= 0.6 is 11.6 Å². The number of hydrogen-bond donors (Lipinski definition) is 1.